The monoisotopic (exact) mass is 333 g/mol. The number of carbonyl (C=O) groups excluding carboxylic acids is 1. The Morgan fingerprint density at radius 2 is 2.00 bits per heavy atom. The van der Waals surface area contributed by atoms with Gasteiger partial charge in [0.2, 0.25) is 5.91 Å². The molecule has 0 fully saturated rings. The first-order valence-corrected chi connectivity index (χ1v) is 8.71. The Hall–Kier alpha value is -1.11. The molecule has 1 aromatic carbocycles. The van der Waals surface area contributed by atoms with Gasteiger partial charge in [-0.3, -0.25) is 4.79 Å². The molecular weight excluding hydrogens is 314 g/mol. The zero-order chi connectivity index (χ0) is 15.9. The largest absolute Gasteiger partial charge is 0.377 e. The third kappa shape index (κ3) is 6.46. The summed E-state index contributed by atoms with van der Waals surface area (Å²) in [6, 6.07) is 6.20. The van der Waals surface area contributed by atoms with E-state index in [-0.39, 0.29) is 34.1 Å². The molecule has 5 nitrogen and oxygen atoms in total. The molecule has 1 amide bonds. The van der Waals surface area contributed by atoms with E-state index in [2.05, 4.69) is 5.32 Å². The lowest BCUT2D eigenvalue weighted by molar-refractivity contribution is -0.121. The highest BCUT2D eigenvalue weighted by Crippen LogP contribution is 2.22. The molecule has 0 aliphatic carbocycles. The second-order valence-corrected chi connectivity index (χ2v) is 7.25. The van der Waals surface area contributed by atoms with Crippen molar-refractivity contribution in [2.75, 3.05) is 18.9 Å². The molecule has 0 saturated carbocycles. The van der Waals surface area contributed by atoms with Crippen molar-refractivity contribution in [2.24, 2.45) is 0 Å². The number of hydrogen-bond donors (Lipinski definition) is 1. The second kappa shape index (κ2) is 8.36. The summed E-state index contributed by atoms with van der Waals surface area (Å²) in [6.07, 6.45) is -0.00241. The van der Waals surface area contributed by atoms with Crippen molar-refractivity contribution < 1.29 is 17.9 Å². The quantitative estimate of drug-likeness (QED) is 0.739. The minimum absolute atomic E-state index is 0.0580. The van der Waals surface area contributed by atoms with Crippen LogP contribution < -0.4 is 5.32 Å². The highest BCUT2D eigenvalue weighted by Gasteiger charge is 2.18. The van der Waals surface area contributed by atoms with Crippen molar-refractivity contribution in [1.29, 1.82) is 0 Å². The number of nitrogens with one attached hydrogen (secondary N) is 1. The van der Waals surface area contributed by atoms with Gasteiger partial charge in [-0.1, -0.05) is 23.7 Å². The van der Waals surface area contributed by atoms with E-state index in [4.69, 9.17) is 16.3 Å². The topological polar surface area (TPSA) is 72.5 Å². The maximum absolute atomic E-state index is 12.1. The molecule has 1 aromatic rings. The van der Waals surface area contributed by atoms with Crippen molar-refractivity contribution in [3.8, 4) is 0 Å². The fourth-order valence-electron chi connectivity index (χ4n) is 1.61. The minimum atomic E-state index is -3.55. The second-order valence-electron chi connectivity index (χ2n) is 4.77. The van der Waals surface area contributed by atoms with Crippen molar-refractivity contribution in [3.05, 3.63) is 29.3 Å². The van der Waals surface area contributed by atoms with Gasteiger partial charge in [-0.05, 0) is 26.0 Å². The smallest absolute Gasteiger partial charge is 0.221 e. The number of halogens is 1. The molecule has 0 unspecified atom stereocenters. The number of rotatable bonds is 8. The highest BCUT2D eigenvalue weighted by atomic mass is 35.5. The third-order valence-corrected chi connectivity index (χ3v) is 4.85. The van der Waals surface area contributed by atoms with Crippen LogP contribution in [0.1, 0.15) is 20.3 Å². The first-order chi connectivity index (χ1) is 9.83. The third-order valence-electron chi connectivity index (χ3n) is 2.64. The van der Waals surface area contributed by atoms with E-state index in [1.807, 2.05) is 13.8 Å². The van der Waals surface area contributed by atoms with Crippen LogP contribution in [0.5, 0.6) is 0 Å². The van der Waals surface area contributed by atoms with Crippen LogP contribution in [-0.4, -0.2) is 39.3 Å². The van der Waals surface area contributed by atoms with Gasteiger partial charge >= 0.3 is 0 Å². The Morgan fingerprint density at radius 1 is 1.33 bits per heavy atom. The summed E-state index contributed by atoms with van der Waals surface area (Å²) in [7, 11) is -3.55. The molecule has 0 spiro atoms. The lowest BCUT2D eigenvalue weighted by atomic mass is 10.4. The fourth-order valence-corrected chi connectivity index (χ4v) is 3.42. The number of hydrogen-bond acceptors (Lipinski definition) is 4. The van der Waals surface area contributed by atoms with E-state index in [9.17, 15) is 13.2 Å². The average Bonchev–Trinajstić information content (AvgIpc) is 2.41. The van der Waals surface area contributed by atoms with E-state index >= 15 is 0 Å². The number of carbonyl (C=O) groups is 1. The van der Waals surface area contributed by atoms with Gasteiger partial charge in [0.1, 0.15) is 0 Å². The predicted octanol–water partition coefficient (Wildman–Crippen LogP) is 2.04. The van der Waals surface area contributed by atoms with Crippen LogP contribution in [0.25, 0.3) is 0 Å². The molecule has 1 N–H and O–H groups in total. The Balaban J connectivity index is 2.44. The first kappa shape index (κ1) is 17.9. The molecule has 0 aliphatic heterocycles. The SMILES string of the molecule is CC(C)OCCNC(=O)CCS(=O)(=O)c1ccccc1Cl. The normalized spacial score (nSPS) is 11.6. The van der Waals surface area contributed by atoms with Crippen LogP contribution in [0.15, 0.2) is 29.2 Å². The lowest BCUT2D eigenvalue weighted by Gasteiger charge is -2.09. The van der Waals surface area contributed by atoms with Crippen LogP contribution in [-0.2, 0) is 19.4 Å². The lowest BCUT2D eigenvalue weighted by Crippen LogP contribution is -2.29. The average molecular weight is 334 g/mol. The first-order valence-electron chi connectivity index (χ1n) is 6.68. The van der Waals surface area contributed by atoms with E-state index in [0.29, 0.717) is 13.2 Å². The Bertz CT molecular complexity index is 572. The molecule has 21 heavy (non-hydrogen) atoms. The molecule has 0 radical (unpaired) electrons. The molecule has 1 rings (SSSR count). The van der Waals surface area contributed by atoms with E-state index < -0.39 is 9.84 Å². The van der Waals surface area contributed by atoms with Crippen molar-refractivity contribution in [1.82, 2.24) is 5.32 Å². The number of benzene rings is 1. The molecule has 7 heteroatoms. The summed E-state index contributed by atoms with van der Waals surface area (Å²) >= 11 is 5.86. The van der Waals surface area contributed by atoms with E-state index in [1.54, 1.807) is 12.1 Å². The molecule has 0 aliphatic rings. The molecule has 0 aromatic heterocycles. The predicted molar refractivity (Wildman–Crippen MR) is 82.2 cm³/mol. The van der Waals surface area contributed by atoms with Crippen LogP contribution in [0.3, 0.4) is 0 Å². The summed E-state index contributed by atoms with van der Waals surface area (Å²) in [5.41, 5.74) is 0. The summed E-state index contributed by atoms with van der Waals surface area (Å²) in [5.74, 6) is -0.592. The van der Waals surface area contributed by atoms with Gasteiger partial charge in [0.15, 0.2) is 9.84 Å². The molecule has 118 valence electrons. The Morgan fingerprint density at radius 3 is 2.62 bits per heavy atom. The number of amides is 1. The summed E-state index contributed by atoms with van der Waals surface area (Å²) in [6.45, 7) is 4.57. The molecule has 0 atom stereocenters. The molecular formula is C14H20ClNO4S. The van der Waals surface area contributed by atoms with Gasteiger partial charge in [0, 0.05) is 13.0 Å². The molecule has 0 saturated heterocycles. The highest BCUT2D eigenvalue weighted by molar-refractivity contribution is 7.91. The van der Waals surface area contributed by atoms with Crippen LogP contribution >= 0.6 is 11.6 Å². The summed E-state index contributed by atoms with van der Waals surface area (Å²) < 4.78 is 29.4. The Kier molecular flexibility index (Phi) is 7.14. The maximum Gasteiger partial charge on any atom is 0.221 e. The van der Waals surface area contributed by atoms with Gasteiger partial charge in [-0.25, -0.2) is 8.42 Å². The zero-order valence-electron chi connectivity index (χ0n) is 12.1. The minimum Gasteiger partial charge on any atom is -0.377 e. The molecule has 0 bridgehead atoms. The van der Waals surface area contributed by atoms with Gasteiger partial charge in [-0.2, -0.15) is 0 Å². The van der Waals surface area contributed by atoms with Crippen LogP contribution in [0.2, 0.25) is 5.02 Å². The van der Waals surface area contributed by atoms with Gasteiger partial charge in [-0.15, -0.1) is 0 Å². The van der Waals surface area contributed by atoms with Gasteiger partial charge in [0.05, 0.1) is 28.4 Å². The number of ether oxygens (including phenoxy) is 1. The van der Waals surface area contributed by atoms with E-state index in [0.717, 1.165) is 0 Å². The summed E-state index contributed by atoms with van der Waals surface area (Å²) in [5, 5.41) is 2.78. The van der Waals surface area contributed by atoms with Crippen molar-refractivity contribution >= 4 is 27.3 Å². The van der Waals surface area contributed by atoms with Gasteiger partial charge < -0.3 is 10.1 Å². The summed E-state index contributed by atoms with van der Waals surface area (Å²) in [4.78, 5) is 11.6. The van der Waals surface area contributed by atoms with Crippen molar-refractivity contribution in [2.45, 2.75) is 31.3 Å². The Labute approximate surface area is 130 Å². The fraction of sp³-hybridized carbons (Fsp3) is 0.500. The standard InChI is InChI=1S/C14H20ClNO4S/c1-11(2)20-9-8-16-14(17)7-10-21(18,19)13-6-4-3-5-12(13)15/h3-6,11H,7-10H2,1-2H3,(H,16,17). The zero-order valence-corrected chi connectivity index (χ0v) is 13.7. The van der Waals surface area contributed by atoms with E-state index in [1.165, 1.54) is 12.1 Å². The van der Waals surface area contributed by atoms with Crippen LogP contribution in [0.4, 0.5) is 0 Å². The number of sulfone groups is 1. The van der Waals surface area contributed by atoms with Crippen molar-refractivity contribution in [3.63, 3.8) is 0 Å². The maximum atomic E-state index is 12.1. The van der Waals surface area contributed by atoms with Crippen LogP contribution in [0, 0.1) is 0 Å². The van der Waals surface area contributed by atoms with Gasteiger partial charge in [0.25, 0.3) is 0 Å². The molecule has 0 heterocycles.